The van der Waals surface area contributed by atoms with E-state index in [-0.39, 0.29) is 11.7 Å². The number of hydrogen-bond acceptors (Lipinski definition) is 6. The van der Waals surface area contributed by atoms with Crippen molar-refractivity contribution < 1.29 is 14.3 Å². The molecule has 0 bridgehead atoms. The lowest BCUT2D eigenvalue weighted by atomic mass is 10.1. The molecule has 1 aromatic heterocycles. The number of thioether (sulfide) groups is 1. The minimum absolute atomic E-state index is 0.148. The smallest absolute Gasteiger partial charge is 0.234 e. The van der Waals surface area contributed by atoms with Gasteiger partial charge in [-0.3, -0.25) is 4.79 Å². The summed E-state index contributed by atoms with van der Waals surface area (Å²) in [5.74, 6) is 2.49. The first-order valence-corrected chi connectivity index (χ1v) is 11.0. The molecule has 1 amide bonds. The maximum Gasteiger partial charge on any atom is 0.234 e. The molecule has 0 saturated heterocycles. The molecular weight excluding hydrogens is 412 g/mol. The quantitative estimate of drug-likeness (QED) is 0.488. The van der Waals surface area contributed by atoms with Gasteiger partial charge in [0, 0.05) is 18.2 Å². The molecule has 0 aliphatic carbocycles. The Bertz CT molecular complexity index is 1050. The van der Waals surface area contributed by atoms with E-state index in [1.54, 1.807) is 32.4 Å². The van der Waals surface area contributed by atoms with Crippen LogP contribution >= 0.6 is 11.8 Å². The van der Waals surface area contributed by atoms with E-state index in [1.165, 1.54) is 17.3 Å². The molecule has 0 spiro atoms. The van der Waals surface area contributed by atoms with Gasteiger partial charge in [0.05, 0.1) is 25.7 Å². The number of anilines is 1. The first kappa shape index (κ1) is 22.7. The summed E-state index contributed by atoms with van der Waals surface area (Å²) in [5, 5.41) is 12.4. The third-order valence-electron chi connectivity index (χ3n) is 4.56. The van der Waals surface area contributed by atoms with Crippen molar-refractivity contribution in [3.63, 3.8) is 0 Å². The minimum atomic E-state index is -0.148. The molecule has 0 fully saturated rings. The zero-order chi connectivity index (χ0) is 22.4. The van der Waals surface area contributed by atoms with Crippen molar-refractivity contribution in [1.29, 1.82) is 0 Å². The molecule has 0 saturated carbocycles. The normalized spacial score (nSPS) is 10.9. The molecule has 0 unspecified atom stereocenters. The van der Waals surface area contributed by atoms with Crippen molar-refractivity contribution in [2.45, 2.75) is 32.5 Å². The van der Waals surface area contributed by atoms with Crippen molar-refractivity contribution >= 4 is 23.4 Å². The Balaban J connectivity index is 1.75. The number of carbonyl (C=O) groups excluding carboxylic acids is 1. The average molecular weight is 441 g/mol. The molecular formula is C23H28N4O3S. The third-order valence-corrected chi connectivity index (χ3v) is 5.52. The lowest BCUT2D eigenvalue weighted by molar-refractivity contribution is -0.113. The van der Waals surface area contributed by atoms with Crippen molar-refractivity contribution in [1.82, 2.24) is 14.8 Å². The summed E-state index contributed by atoms with van der Waals surface area (Å²) in [6.45, 7) is 7.13. The van der Waals surface area contributed by atoms with E-state index in [2.05, 4.69) is 53.0 Å². The fourth-order valence-electron chi connectivity index (χ4n) is 3.14. The minimum Gasteiger partial charge on any atom is -0.497 e. The summed E-state index contributed by atoms with van der Waals surface area (Å²) in [6.07, 6.45) is 0. The van der Waals surface area contributed by atoms with Crippen LogP contribution in [0.5, 0.6) is 11.5 Å². The number of methoxy groups -OCH3 is 2. The highest BCUT2D eigenvalue weighted by molar-refractivity contribution is 7.99. The monoisotopic (exact) mass is 440 g/mol. The lowest BCUT2D eigenvalue weighted by Crippen LogP contribution is -2.16. The molecule has 3 aromatic rings. The molecule has 164 valence electrons. The fourth-order valence-corrected chi connectivity index (χ4v) is 3.89. The second-order valence-corrected chi connectivity index (χ2v) is 8.53. The van der Waals surface area contributed by atoms with Gasteiger partial charge in [0.25, 0.3) is 0 Å². The van der Waals surface area contributed by atoms with E-state index in [0.29, 0.717) is 23.1 Å². The van der Waals surface area contributed by atoms with Gasteiger partial charge in [-0.2, -0.15) is 0 Å². The number of nitrogens with zero attached hydrogens (tertiary/aromatic N) is 3. The van der Waals surface area contributed by atoms with Gasteiger partial charge in [-0.05, 0) is 31.0 Å². The van der Waals surface area contributed by atoms with Gasteiger partial charge in [-0.1, -0.05) is 49.4 Å². The number of ether oxygens (including phenoxy) is 2. The number of rotatable bonds is 9. The summed E-state index contributed by atoms with van der Waals surface area (Å²) >= 11 is 1.37. The second-order valence-electron chi connectivity index (χ2n) is 7.58. The van der Waals surface area contributed by atoms with E-state index in [0.717, 1.165) is 23.1 Å². The molecule has 1 N–H and O–H groups in total. The molecule has 2 aromatic carbocycles. The van der Waals surface area contributed by atoms with Crippen molar-refractivity contribution in [2.24, 2.45) is 5.92 Å². The Morgan fingerprint density at radius 3 is 2.61 bits per heavy atom. The number of hydrogen-bond donors (Lipinski definition) is 1. The van der Waals surface area contributed by atoms with Crippen LogP contribution in [0.3, 0.4) is 0 Å². The SMILES string of the molecule is COc1ccc(NC(=O)CSc2nnc(-c3cccc(C)c3)n2CC(C)C)c(OC)c1. The summed E-state index contributed by atoms with van der Waals surface area (Å²) in [7, 11) is 3.14. The summed E-state index contributed by atoms with van der Waals surface area (Å²) in [5.41, 5.74) is 2.78. The Hall–Kier alpha value is -3.00. The van der Waals surface area contributed by atoms with Crippen LogP contribution in [0.4, 0.5) is 5.69 Å². The third kappa shape index (κ3) is 5.79. The van der Waals surface area contributed by atoms with Crippen LogP contribution in [0.25, 0.3) is 11.4 Å². The van der Waals surface area contributed by atoms with Gasteiger partial charge in [-0.25, -0.2) is 0 Å². The van der Waals surface area contributed by atoms with Crippen LogP contribution in [-0.4, -0.2) is 40.6 Å². The van der Waals surface area contributed by atoms with E-state index in [1.807, 2.05) is 12.1 Å². The molecule has 0 radical (unpaired) electrons. The standard InChI is InChI=1S/C23H28N4O3S/c1-15(2)13-27-22(17-8-6-7-16(3)11-17)25-26-23(27)31-14-21(28)24-19-10-9-18(29-4)12-20(19)30-5/h6-12,15H,13-14H2,1-5H3,(H,24,28). The molecule has 0 atom stereocenters. The van der Waals surface area contributed by atoms with Crippen LogP contribution in [0.15, 0.2) is 47.6 Å². The Kier molecular flexibility index (Phi) is 7.57. The van der Waals surface area contributed by atoms with Crippen LogP contribution < -0.4 is 14.8 Å². The van der Waals surface area contributed by atoms with Crippen LogP contribution in [0, 0.1) is 12.8 Å². The predicted octanol–water partition coefficient (Wildman–Crippen LogP) is 4.66. The van der Waals surface area contributed by atoms with Gasteiger partial charge in [-0.15, -0.1) is 10.2 Å². The molecule has 3 rings (SSSR count). The Morgan fingerprint density at radius 2 is 1.94 bits per heavy atom. The topological polar surface area (TPSA) is 78.3 Å². The van der Waals surface area contributed by atoms with E-state index < -0.39 is 0 Å². The highest BCUT2D eigenvalue weighted by Crippen LogP contribution is 2.30. The Labute approximate surface area is 187 Å². The van der Waals surface area contributed by atoms with Crippen LogP contribution in [0.2, 0.25) is 0 Å². The van der Waals surface area contributed by atoms with Gasteiger partial charge in [0.15, 0.2) is 11.0 Å². The zero-order valence-corrected chi connectivity index (χ0v) is 19.3. The van der Waals surface area contributed by atoms with Gasteiger partial charge >= 0.3 is 0 Å². The lowest BCUT2D eigenvalue weighted by Gasteiger charge is -2.13. The van der Waals surface area contributed by atoms with Crippen molar-refractivity contribution in [2.75, 3.05) is 25.3 Å². The Morgan fingerprint density at radius 1 is 1.13 bits per heavy atom. The molecule has 0 aliphatic heterocycles. The van der Waals surface area contributed by atoms with E-state index in [4.69, 9.17) is 9.47 Å². The van der Waals surface area contributed by atoms with Crippen LogP contribution in [0.1, 0.15) is 19.4 Å². The van der Waals surface area contributed by atoms with Crippen LogP contribution in [-0.2, 0) is 11.3 Å². The van der Waals surface area contributed by atoms with E-state index in [9.17, 15) is 4.79 Å². The number of amides is 1. The maximum atomic E-state index is 12.6. The van der Waals surface area contributed by atoms with Gasteiger partial charge < -0.3 is 19.4 Å². The summed E-state index contributed by atoms with van der Waals surface area (Å²) in [4.78, 5) is 12.6. The van der Waals surface area contributed by atoms with Crippen molar-refractivity contribution in [3.05, 3.63) is 48.0 Å². The molecule has 8 heteroatoms. The largest absolute Gasteiger partial charge is 0.497 e. The number of aromatic nitrogens is 3. The number of nitrogens with one attached hydrogen (secondary N) is 1. The maximum absolute atomic E-state index is 12.6. The number of carbonyl (C=O) groups is 1. The highest BCUT2D eigenvalue weighted by atomic mass is 32.2. The highest BCUT2D eigenvalue weighted by Gasteiger charge is 2.17. The van der Waals surface area contributed by atoms with Gasteiger partial charge in [0.1, 0.15) is 11.5 Å². The fraction of sp³-hybridized carbons (Fsp3) is 0.348. The number of aryl methyl sites for hydroxylation is 1. The van der Waals surface area contributed by atoms with E-state index >= 15 is 0 Å². The first-order chi connectivity index (χ1) is 14.9. The molecule has 7 nitrogen and oxygen atoms in total. The molecule has 31 heavy (non-hydrogen) atoms. The zero-order valence-electron chi connectivity index (χ0n) is 18.5. The average Bonchev–Trinajstić information content (AvgIpc) is 3.14. The van der Waals surface area contributed by atoms with Crippen molar-refractivity contribution in [3.8, 4) is 22.9 Å². The first-order valence-electron chi connectivity index (χ1n) is 10.1. The van der Waals surface area contributed by atoms with Gasteiger partial charge in [0.2, 0.25) is 5.91 Å². The number of benzene rings is 2. The predicted molar refractivity (Wildman–Crippen MR) is 124 cm³/mol. The molecule has 1 heterocycles. The second kappa shape index (κ2) is 10.3. The summed E-state index contributed by atoms with van der Waals surface area (Å²) in [6, 6.07) is 13.5. The molecule has 0 aliphatic rings. The summed E-state index contributed by atoms with van der Waals surface area (Å²) < 4.78 is 12.6.